The minimum atomic E-state index is -0.251. The van der Waals surface area contributed by atoms with Gasteiger partial charge in [-0.2, -0.15) is 0 Å². The van der Waals surface area contributed by atoms with Crippen LogP contribution in [0.4, 0.5) is 5.69 Å². The highest BCUT2D eigenvalue weighted by atomic mass is 32.2. The summed E-state index contributed by atoms with van der Waals surface area (Å²) in [5, 5.41) is 8.83. The highest BCUT2D eigenvalue weighted by Crippen LogP contribution is 2.32. The Labute approximate surface area is 149 Å². The molecule has 128 valence electrons. The number of para-hydroxylation sites is 1. The second-order valence-electron chi connectivity index (χ2n) is 5.97. The summed E-state index contributed by atoms with van der Waals surface area (Å²) in [5.74, 6) is 1.41. The van der Waals surface area contributed by atoms with Crippen LogP contribution in [0.3, 0.4) is 0 Å². The van der Waals surface area contributed by atoms with E-state index in [0.717, 1.165) is 18.7 Å². The van der Waals surface area contributed by atoms with Gasteiger partial charge in [-0.05, 0) is 37.1 Å². The summed E-state index contributed by atoms with van der Waals surface area (Å²) in [6.45, 7) is 2.65. The molecule has 0 saturated heterocycles. The predicted molar refractivity (Wildman–Crippen MR) is 96.5 cm³/mol. The second kappa shape index (κ2) is 6.40. The molecule has 1 atom stereocenters. The summed E-state index contributed by atoms with van der Waals surface area (Å²) in [7, 11) is 1.88. The Bertz CT molecular complexity index is 904. The smallest absolute Gasteiger partial charge is 0.240 e. The van der Waals surface area contributed by atoms with E-state index in [2.05, 4.69) is 16.3 Å². The molecule has 3 heterocycles. The molecule has 6 nitrogen and oxygen atoms in total. The van der Waals surface area contributed by atoms with Gasteiger partial charge in [0.1, 0.15) is 0 Å². The molecule has 0 radical (unpaired) electrons. The topological polar surface area (TPSA) is 64.2 Å². The highest BCUT2D eigenvalue weighted by molar-refractivity contribution is 8.00. The molecule has 1 aliphatic rings. The fraction of sp³-hybridized carbons (Fsp3) is 0.278. The van der Waals surface area contributed by atoms with Gasteiger partial charge in [0.25, 0.3) is 0 Å². The number of furan rings is 1. The molecule has 3 aromatic rings. The molecule has 4 rings (SSSR count). The van der Waals surface area contributed by atoms with Gasteiger partial charge in [0.15, 0.2) is 16.7 Å². The molecule has 0 N–H and O–H groups in total. The summed E-state index contributed by atoms with van der Waals surface area (Å²) in [4.78, 5) is 14.8. The Balaban J connectivity index is 1.51. The van der Waals surface area contributed by atoms with Gasteiger partial charge in [0.2, 0.25) is 5.91 Å². The fourth-order valence-electron chi connectivity index (χ4n) is 3.03. The third-order valence-corrected chi connectivity index (χ3v) is 5.48. The van der Waals surface area contributed by atoms with E-state index in [0.29, 0.717) is 16.7 Å². The summed E-state index contributed by atoms with van der Waals surface area (Å²) in [5.41, 5.74) is 2.25. The van der Waals surface area contributed by atoms with E-state index in [1.807, 2.05) is 53.8 Å². The first-order valence-electron chi connectivity index (χ1n) is 8.14. The standard InChI is InChI=1S/C18H18N4O2S/c1-12(17(23)22-10-9-13-6-3-4-7-14(13)22)25-18-20-19-16(21(18)2)15-8-5-11-24-15/h3-8,11-12H,9-10H2,1-2H3/t12-/m0/s1. The number of carbonyl (C=O) groups is 1. The molecule has 0 unspecified atom stereocenters. The summed E-state index contributed by atoms with van der Waals surface area (Å²) >= 11 is 1.41. The first-order valence-corrected chi connectivity index (χ1v) is 9.02. The third kappa shape index (κ3) is 2.84. The van der Waals surface area contributed by atoms with Crippen LogP contribution in [0, 0.1) is 0 Å². The van der Waals surface area contributed by atoms with Crippen molar-refractivity contribution in [3.05, 3.63) is 48.2 Å². The van der Waals surface area contributed by atoms with Crippen LogP contribution in [0.15, 0.2) is 52.2 Å². The van der Waals surface area contributed by atoms with Crippen LogP contribution in [-0.2, 0) is 18.3 Å². The van der Waals surface area contributed by atoms with Crippen LogP contribution in [-0.4, -0.2) is 32.5 Å². The zero-order chi connectivity index (χ0) is 17.4. The zero-order valence-electron chi connectivity index (χ0n) is 14.0. The van der Waals surface area contributed by atoms with Crippen molar-refractivity contribution in [2.24, 2.45) is 7.05 Å². The van der Waals surface area contributed by atoms with Crippen molar-refractivity contribution in [2.45, 2.75) is 23.8 Å². The Kier molecular flexibility index (Phi) is 4.09. The number of amides is 1. The molecule has 2 aromatic heterocycles. The normalized spacial score (nSPS) is 14.6. The van der Waals surface area contributed by atoms with Crippen LogP contribution in [0.25, 0.3) is 11.6 Å². The number of aromatic nitrogens is 3. The first kappa shape index (κ1) is 16.0. The van der Waals surface area contributed by atoms with Gasteiger partial charge < -0.3 is 13.9 Å². The summed E-state index contributed by atoms with van der Waals surface area (Å²) < 4.78 is 7.23. The monoisotopic (exact) mass is 354 g/mol. The van der Waals surface area contributed by atoms with Crippen LogP contribution < -0.4 is 4.90 Å². The van der Waals surface area contributed by atoms with Crippen molar-refractivity contribution in [1.29, 1.82) is 0 Å². The first-order chi connectivity index (χ1) is 12.1. The van der Waals surface area contributed by atoms with E-state index in [-0.39, 0.29) is 11.2 Å². The Morgan fingerprint density at radius 2 is 2.08 bits per heavy atom. The number of benzene rings is 1. The number of hydrogen-bond acceptors (Lipinski definition) is 5. The van der Waals surface area contributed by atoms with Crippen LogP contribution in [0.2, 0.25) is 0 Å². The van der Waals surface area contributed by atoms with Gasteiger partial charge in [0.05, 0.1) is 11.5 Å². The second-order valence-corrected chi connectivity index (χ2v) is 7.28. The van der Waals surface area contributed by atoms with Gasteiger partial charge in [-0.25, -0.2) is 0 Å². The number of nitrogens with zero attached hydrogens (tertiary/aromatic N) is 4. The van der Waals surface area contributed by atoms with E-state index in [4.69, 9.17) is 4.42 Å². The average Bonchev–Trinajstić information content (AvgIpc) is 3.35. The molecule has 0 bridgehead atoms. The van der Waals surface area contributed by atoms with Crippen molar-refractivity contribution >= 4 is 23.4 Å². The Morgan fingerprint density at radius 1 is 1.24 bits per heavy atom. The van der Waals surface area contributed by atoms with E-state index in [1.54, 1.807) is 6.26 Å². The third-order valence-electron chi connectivity index (χ3n) is 4.36. The molecular formula is C18H18N4O2S. The maximum absolute atomic E-state index is 12.9. The van der Waals surface area contributed by atoms with Crippen molar-refractivity contribution < 1.29 is 9.21 Å². The van der Waals surface area contributed by atoms with Crippen molar-refractivity contribution in [3.63, 3.8) is 0 Å². The Morgan fingerprint density at radius 3 is 2.88 bits per heavy atom. The Hall–Kier alpha value is -2.54. The predicted octanol–water partition coefficient (Wildman–Crippen LogP) is 3.15. The number of thioether (sulfide) groups is 1. The number of anilines is 1. The molecule has 0 saturated carbocycles. The minimum absolute atomic E-state index is 0.0949. The molecule has 25 heavy (non-hydrogen) atoms. The maximum atomic E-state index is 12.9. The van der Waals surface area contributed by atoms with Gasteiger partial charge in [-0.3, -0.25) is 4.79 Å². The molecule has 1 amide bonds. The minimum Gasteiger partial charge on any atom is -0.461 e. The quantitative estimate of drug-likeness (QED) is 0.674. The molecule has 1 aliphatic heterocycles. The van der Waals surface area contributed by atoms with E-state index in [9.17, 15) is 4.79 Å². The number of rotatable bonds is 4. The van der Waals surface area contributed by atoms with Crippen LogP contribution in [0.5, 0.6) is 0 Å². The summed E-state index contributed by atoms with van der Waals surface area (Å²) in [6, 6.07) is 11.7. The van der Waals surface area contributed by atoms with E-state index in [1.165, 1.54) is 17.3 Å². The molecular weight excluding hydrogens is 336 g/mol. The lowest BCUT2D eigenvalue weighted by Gasteiger charge is -2.21. The number of fused-ring (bicyclic) bond motifs is 1. The average molecular weight is 354 g/mol. The number of hydrogen-bond donors (Lipinski definition) is 0. The van der Waals surface area contributed by atoms with Crippen LogP contribution in [0.1, 0.15) is 12.5 Å². The molecule has 0 fully saturated rings. The van der Waals surface area contributed by atoms with E-state index >= 15 is 0 Å². The summed E-state index contributed by atoms with van der Waals surface area (Å²) in [6.07, 6.45) is 2.51. The van der Waals surface area contributed by atoms with Crippen molar-refractivity contribution in [2.75, 3.05) is 11.4 Å². The highest BCUT2D eigenvalue weighted by Gasteiger charge is 2.29. The fourth-order valence-corrected chi connectivity index (χ4v) is 3.91. The van der Waals surface area contributed by atoms with Gasteiger partial charge in [-0.1, -0.05) is 30.0 Å². The van der Waals surface area contributed by atoms with Crippen LogP contribution >= 0.6 is 11.8 Å². The van der Waals surface area contributed by atoms with Crippen molar-refractivity contribution in [3.8, 4) is 11.6 Å². The molecule has 7 heteroatoms. The lowest BCUT2D eigenvalue weighted by atomic mass is 10.2. The maximum Gasteiger partial charge on any atom is 0.240 e. The van der Waals surface area contributed by atoms with Crippen molar-refractivity contribution in [1.82, 2.24) is 14.8 Å². The lowest BCUT2D eigenvalue weighted by Crippen LogP contribution is -2.35. The van der Waals surface area contributed by atoms with Gasteiger partial charge in [0, 0.05) is 19.3 Å². The van der Waals surface area contributed by atoms with Gasteiger partial charge >= 0.3 is 0 Å². The molecule has 0 aliphatic carbocycles. The van der Waals surface area contributed by atoms with Gasteiger partial charge in [-0.15, -0.1) is 10.2 Å². The SMILES string of the molecule is C[C@H](Sc1nnc(-c2ccco2)n1C)C(=O)N1CCc2ccccc21. The largest absolute Gasteiger partial charge is 0.461 e. The zero-order valence-corrected chi connectivity index (χ0v) is 14.9. The molecule has 1 aromatic carbocycles. The van der Waals surface area contributed by atoms with E-state index < -0.39 is 0 Å². The molecule has 0 spiro atoms. The number of carbonyl (C=O) groups excluding carboxylic acids is 1. The lowest BCUT2D eigenvalue weighted by molar-refractivity contribution is -0.117.